The van der Waals surface area contributed by atoms with Crippen LogP contribution in [0.3, 0.4) is 0 Å². The van der Waals surface area contributed by atoms with Gasteiger partial charge in [-0.25, -0.2) is 0 Å². The maximum atomic E-state index is 12.2. The van der Waals surface area contributed by atoms with E-state index in [1.807, 2.05) is 0 Å². The number of ether oxygens (including phenoxy) is 2. The van der Waals surface area contributed by atoms with Crippen LogP contribution in [-0.4, -0.2) is 35.7 Å². The van der Waals surface area contributed by atoms with Gasteiger partial charge in [0.2, 0.25) is 5.91 Å². The van der Waals surface area contributed by atoms with Crippen molar-refractivity contribution in [1.29, 1.82) is 0 Å². The van der Waals surface area contributed by atoms with Crippen LogP contribution < -0.4 is 20.3 Å². The number of carbonyl (C=O) groups excluding carboxylic acids is 1. The van der Waals surface area contributed by atoms with Crippen LogP contribution in [0.4, 0.5) is 5.69 Å². The number of carbonyl (C=O) groups is 1. The topological polar surface area (TPSA) is 82.5 Å². The SMILES string of the molecule is COc1ccc(-n2nc(SCC(=O)Nc3cccc(OC)c3)ccc2=O)cc1. The fourth-order valence-electron chi connectivity index (χ4n) is 2.42. The molecule has 144 valence electrons. The van der Waals surface area contributed by atoms with Crippen LogP contribution in [0.2, 0.25) is 0 Å². The molecule has 0 atom stereocenters. The quantitative estimate of drug-likeness (QED) is 0.617. The number of aromatic nitrogens is 2. The number of hydrogen-bond donors (Lipinski definition) is 1. The van der Waals surface area contributed by atoms with E-state index in [4.69, 9.17) is 9.47 Å². The molecule has 3 rings (SSSR count). The predicted octanol–water partition coefficient (Wildman–Crippen LogP) is 2.98. The van der Waals surface area contributed by atoms with E-state index in [-0.39, 0.29) is 17.2 Å². The summed E-state index contributed by atoms with van der Waals surface area (Å²) in [6, 6.07) is 17.2. The minimum absolute atomic E-state index is 0.158. The zero-order chi connectivity index (χ0) is 19.9. The van der Waals surface area contributed by atoms with Crippen molar-refractivity contribution in [2.45, 2.75) is 5.03 Å². The highest BCUT2D eigenvalue weighted by Gasteiger charge is 2.08. The molecule has 1 heterocycles. The maximum absolute atomic E-state index is 12.2. The number of rotatable bonds is 7. The molecule has 1 N–H and O–H groups in total. The van der Waals surface area contributed by atoms with Crippen molar-refractivity contribution < 1.29 is 14.3 Å². The number of amides is 1. The van der Waals surface area contributed by atoms with Crippen molar-refractivity contribution in [3.05, 3.63) is 71.0 Å². The molecule has 0 saturated carbocycles. The Kier molecular flexibility index (Phi) is 6.33. The first-order valence-corrected chi connectivity index (χ1v) is 9.39. The van der Waals surface area contributed by atoms with E-state index < -0.39 is 0 Å². The molecule has 0 aliphatic carbocycles. The summed E-state index contributed by atoms with van der Waals surface area (Å²) in [5, 5.41) is 7.70. The van der Waals surface area contributed by atoms with E-state index in [0.717, 1.165) is 0 Å². The van der Waals surface area contributed by atoms with Crippen molar-refractivity contribution in [3.8, 4) is 17.2 Å². The van der Waals surface area contributed by atoms with Gasteiger partial charge in [-0.15, -0.1) is 0 Å². The van der Waals surface area contributed by atoms with E-state index in [2.05, 4.69) is 10.4 Å². The molecule has 0 radical (unpaired) electrons. The summed E-state index contributed by atoms with van der Waals surface area (Å²) in [5.41, 5.74) is 1.02. The van der Waals surface area contributed by atoms with Crippen LogP contribution >= 0.6 is 11.8 Å². The second kappa shape index (κ2) is 9.09. The Labute approximate surface area is 166 Å². The molecule has 0 bridgehead atoms. The third-order valence-electron chi connectivity index (χ3n) is 3.80. The molecule has 1 amide bonds. The molecule has 28 heavy (non-hydrogen) atoms. The van der Waals surface area contributed by atoms with Gasteiger partial charge in [-0.3, -0.25) is 9.59 Å². The summed E-state index contributed by atoms with van der Waals surface area (Å²) < 4.78 is 11.6. The van der Waals surface area contributed by atoms with Gasteiger partial charge in [0.15, 0.2) is 0 Å². The van der Waals surface area contributed by atoms with Gasteiger partial charge < -0.3 is 14.8 Å². The lowest BCUT2D eigenvalue weighted by Gasteiger charge is -2.08. The first-order chi connectivity index (χ1) is 13.6. The molecule has 0 saturated heterocycles. The van der Waals surface area contributed by atoms with E-state index in [9.17, 15) is 9.59 Å². The highest BCUT2D eigenvalue weighted by molar-refractivity contribution is 7.99. The lowest BCUT2D eigenvalue weighted by molar-refractivity contribution is -0.113. The smallest absolute Gasteiger partial charge is 0.271 e. The number of benzene rings is 2. The van der Waals surface area contributed by atoms with Crippen molar-refractivity contribution in [2.24, 2.45) is 0 Å². The molecular formula is C20H19N3O4S. The summed E-state index contributed by atoms with van der Waals surface area (Å²) in [4.78, 5) is 24.3. The van der Waals surface area contributed by atoms with Gasteiger partial charge in [-0.1, -0.05) is 17.8 Å². The van der Waals surface area contributed by atoms with Gasteiger partial charge >= 0.3 is 0 Å². The molecule has 0 fully saturated rings. The first-order valence-electron chi connectivity index (χ1n) is 8.40. The van der Waals surface area contributed by atoms with Crippen molar-refractivity contribution in [3.63, 3.8) is 0 Å². The van der Waals surface area contributed by atoms with Crippen LogP contribution in [-0.2, 0) is 4.79 Å². The summed E-state index contributed by atoms with van der Waals surface area (Å²) >= 11 is 1.24. The Morgan fingerprint density at radius 1 is 1.04 bits per heavy atom. The van der Waals surface area contributed by atoms with Gasteiger partial charge in [0.1, 0.15) is 16.5 Å². The second-order valence-corrected chi connectivity index (χ2v) is 6.68. The summed E-state index contributed by atoms with van der Waals surface area (Å²) in [6.45, 7) is 0. The molecule has 1 aromatic heterocycles. The monoisotopic (exact) mass is 397 g/mol. The Bertz CT molecular complexity index is 1020. The third kappa shape index (κ3) is 4.92. The Hall–Kier alpha value is -3.26. The minimum atomic E-state index is -0.254. The number of anilines is 1. The van der Waals surface area contributed by atoms with Gasteiger partial charge in [0, 0.05) is 17.8 Å². The van der Waals surface area contributed by atoms with E-state index in [0.29, 0.717) is 27.9 Å². The molecule has 0 aliphatic rings. The normalized spacial score (nSPS) is 10.4. The van der Waals surface area contributed by atoms with Crippen LogP contribution in [0.25, 0.3) is 5.69 Å². The second-order valence-electron chi connectivity index (χ2n) is 5.69. The molecule has 2 aromatic carbocycles. The lowest BCUT2D eigenvalue weighted by Crippen LogP contribution is -2.20. The molecule has 0 unspecified atom stereocenters. The molecule has 0 aliphatic heterocycles. The van der Waals surface area contributed by atoms with Crippen molar-refractivity contribution >= 4 is 23.4 Å². The number of nitrogens with one attached hydrogen (secondary N) is 1. The number of methoxy groups -OCH3 is 2. The molecule has 8 heteroatoms. The standard InChI is InChI=1S/C20H19N3O4S/c1-26-16-8-6-15(7-9-16)23-20(25)11-10-19(22-23)28-13-18(24)21-14-4-3-5-17(12-14)27-2/h3-12H,13H2,1-2H3,(H,21,24). The summed E-state index contributed by atoms with van der Waals surface area (Å²) in [5.74, 6) is 1.34. The van der Waals surface area contributed by atoms with Gasteiger partial charge in [-0.05, 0) is 42.5 Å². The summed E-state index contributed by atoms with van der Waals surface area (Å²) in [6.07, 6.45) is 0. The zero-order valence-corrected chi connectivity index (χ0v) is 16.2. The number of hydrogen-bond acceptors (Lipinski definition) is 6. The van der Waals surface area contributed by atoms with Gasteiger partial charge in [0.05, 0.1) is 25.7 Å². The third-order valence-corrected chi connectivity index (χ3v) is 4.72. The van der Waals surface area contributed by atoms with Crippen molar-refractivity contribution in [2.75, 3.05) is 25.3 Å². The molecule has 7 nitrogen and oxygen atoms in total. The van der Waals surface area contributed by atoms with E-state index in [1.54, 1.807) is 68.8 Å². The number of thioether (sulfide) groups is 1. The highest BCUT2D eigenvalue weighted by Crippen LogP contribution is 2.19. The maximum Gasteiger partial charge on any atom is 0.271 e. The molecular weight excluding hydrogens is 378 g/mol. The zero-order valence-electron chi connectivity index (χ0n) is 15.4. The van der Waals surface area contributed by atoms with Gasteiger partial charge in [-0.2, -0.15) is 9.78 Å². The minimum Gasteiger partial charge on any atom is -0.497 e. The van der Waals surface area contributed by atoms with E-state index >= 15 is 0 Å². The molecule has 0 spiro atoms. The van der Waals surface area contributed by atoms with Gasteiger partial charge in [0.25, 0.3) is 5.56 Å². The predicted molar refractivity (Wildman–Crippen MR) is 109 cm³/mol. The fraction of sp³-hybridized carbons (Fsp3) is 0.150. The van der Waals surface area contributed by atoms with Crippen LogP contribution in [0, 0.1) is 0 Å². The average Bonchev–Trinajstić information content (AvgIpc) is 2.73. The van der Waals surface area contributed by atoms with Crippen molar-refractivity contribution in [1.82, 2.24) is 9.78 Å². The number of nitrogens with zero attached hydrogens (tertiary/aromatic N) is 2. The largest absolute Gasteiger partial charge is 0.497 e. The van der Waals surface area contributed by atoms with Crippen LogP contribution in [0.5, 0.6) is 11.5 Å². The highest BCUT2D eigenvalue weighted by atomic mass is 32.2. The average molecular weight is 397 g/mol. The fourth-order valence-corrected chi connectivity index (χ4v) is 3.07. The Morgan fingerprint density at radius 2 is 1.79 bits per heavy atom. The van der Waals surface area contributed by atoms with E-state index in [1.165, 1.54) is 22.5 Å². The lowest BCUT2D eigenvalue weighted by atomic mass is 10.3. The Morgan fingerprint density at radius 3 is 2.50 bits per heavy atom. The first kappa shape index (κ1) is 19.5. The van der Waals surface area contributed by atoms with Crippen LogP contribution in [0.1, 0.15) is 0 Å². The summed E-state index contributed by atoms with van der Waals surface area (Å²) in [7, 11) is 3.15. The van der Waals surface area contributed by atoms with Crippen LogP contribution in [0.15, 0.2) is 70.5 Å². The Balaban J connectivity index is 1.67. The molecule has 3 aromatic rings.